The van der Waals surface area contributed by atoms with Crippen molar-refractivity contribution in [1.82, 2.24) is 4.98 Å². The average Bonchev–Trinajstić information content (AvgIpc) is 2.31. The van der Waals surface area contributed by atoms with E-state index in [9.17, 15) is 23.7 Å². The maximum Gasteiger partial charge on any atom is 0.310 e. The van der Waals surface area contributed by atoms with Crippen molar-refractivity contribution >= 4 is 34.2 Å². The van der Waals surface area contributed by atoms with Crippen LogP contribution in [-0.4, -0.2) is 22.5 Å². The maximum atomic E-state index is 12.7. The van der Waals surface area contributed by atoms with Crippen molar-refractivity contribution in [3.63, 3.8) is 0 Å². The summed E-state index contributed by atoms with van der Waals surface area (Å²) >= 11 is 1.65. The van der Waals surface area contributed by atoms with Gasteiger partial charge in [0.05, 0.1) is 23.5 Å². The Morgan fingerprint density at radius 3 is 2.74 bits per heavy atom. The van der Waals surface area contributed by atoms with Gasteiger partial charge in [0.2, 0.25) is 0 Å². The number of alkyl halides is 2. The van der Waals surface area contributed by atoms with E-state index in [0.717, 1.165) is 6.20 Å². The lowest BCUT2D eigenvalue weighted by Gasteiger charge is -2.08. The monoisotopic (exact) mass is 386 g/mol. The molecule has 0 aliphatic carbocycles. The standard InChI is InChI=1S/C10H9F2IN2O4/c1-2-19-7(16)3-5-8(15(17)18)6(9(11)12)4-14-10(5)13/h4,9H,2-3H2,1H3. The number of halogens is 3. The molecular formula is C10H9F2IN2O4. The van der Waals surface area contributed by atoms with Crippen molar-refractivity contribution in [2.45, 2.75) is 19.8 Å². The normalized spacial score (nSPS) is 10.6. The van der Waals surface area contributed by atoms with Crippen LogP contribution in [0.4, 0.5) is 14.5 Å². The summed E-state index contributed by atoms with van der Waals surface area (Å²) in [5.41, 5.74) is -1.73. The third-order valence-electron chi connectivity index (χ3n) is 2.17. The number of rotatable bonds is 5. The Morgan fingerprint density at radius 2 is 2.26 bits per heavy atom. The Bertz CT molecular complexity index is 511. The molecule has 0 aliphatic rings. The molecule has 0 saturated heterocycles. The van der Waals surface area contributed by atoms with Gasteiger partial charge in [0.1, 0.15) is 9.26 Å². The molecule has 9 heteroatoms. The quantitative estimate of drug-likeness (QED) is 0.256. The molecule has 104 valence electrons. The van der Waals surface area contributed by atoms with E-state index in [0.29, 0.717) is 0 Å². The van der Waals surface area contributed by atoms with Crippen LogP contribution in [0.1, 0.15) is 24.5 Å². The van der Waals surface area contributed by atoms with E-state index in [2.05, 4.69) is 9.72 Å². The number of nitro groups is 1. The zero-order valence-electron chi connectivity index (χ0n) is 9.73. The first kappa shape index (κ1) is 15.7. The molecule has 0 amide bonds. The van der Waals surface area contributed by atoms with Crippen LogP contribution in [0.25, 0.3) is 0 Å². The summed E-state index contributed by atoms with van der Waals surface area (Å²) in [6.45, 7) is 1.68. The number of nitrogens with zero attached hydrogens (tertiary/aromatic N) is 2. The molecule has 1 heterocycles. The highest BCUT2D eigenvalue weighted by atomic mass is 127. The second kappa shape index (κ2) is 6.68. The lowest BCUT2D eigenvalue weighted by atomic mass is 10.1. The molecule has 0 fully saturated rings. The highest BCUT2D eigenvalue weighted by Crippen LogP contribution is 2.33. The molecule has 6 nitrogen and oxygen atoms in total. The Balaban J connectivity index is 3.31. The third kappa shape index (κ3) is 3.78. The minimum absolute atomic E-state index is 0.102. The second-order valence-electron chi connectivity index (χ2n) is 3.37. The molecule has 1 aromatic heterocycles. The predicted octanol–water partition coefficient (Wildman–Crippen LogP) is 2.64. The smallest absolute Gasteiger partial charge is 0.310 e. The van der Waals surface area contributed by atoms with Gasteiger partial charge in [-0.15, -0.1) is 0 Å². The van der Waals surface area contributed by atoms with Crippen LogP contribution in [0.5, 0.6) is 0 Å². The van der Waals surface area contributed by atoms with Gasteiger partial charge in [0.15, 0.2) is 0 Å². The molecule has 0 unspecified atom stereocenters. The summed E-state index contributed by atoms with van der Waals surface area (Å²) in [7, 11) is 0. The van der Waals surface area contributed by atoms with Crippen molar-refractivity contribution in [3.05, 3.63) is 31.1 Å². The van der Waals surface area contributed by atoms with Crippen molar-refractivity contribution in [2.24, 2.45) is 0 Å². The molecule has 0 aromatic carbocycles. The van der Waals surface area contributed by atoms with Crippen LogP contribution in [0, 0.1) is 13.8 Å². The van der Waals surface area contributed by atoms with Gasteiger partial charge in [-0.3, -0.25) is 14.9 Å². The molecule has 0 saturated carbocycles. The number of pyridine rings is 1. The fourth-order valence-electron chi connectivity index (χ4n) is 1.43. The molecule has 19 heavy (non-hydrogen) atoms. The SMILES string of the molecule is CCOC(=O)Cc1c(I)ncc(C(F)F)c1[N+](=O)[O-]. The van der Waals surface area contributed by atoms with E-state index in [4.69, 9.17) is 0 Å². The zero-order valence-corrected chi connectivity index (χ0v) is 11.9. The van der Waals surface area contributed by atoms with Crippen LogP contribution in [0.2, 0.25) is 0 Å². The van der Waals surface area contributed by atoms with Crippen LogP contribution >= 0.6 is 22.6 Å². The Labute approximate surface area is 120 Å². The molecule has 0 bridgehead atoms. The van der Waals surface area contributed by atoms with E-state index in [-0.39, 0.29) is 15.9 Å². The number of aromatic nitrogens is 1. The van der Waals surface area contributed by atoms with Crippen molar-refractivity contribution in [3.8, 4) is 0 Å². The van der Waals surface area contributed by atoms with Gasteiger partial charge >= 0.3 is 5.97 Å². The first-order valence-corrected chi connectivity index (χ1v) is 6.21. The van der Waals surface area contributed by atoms with Gasteiger partial charge in [-0.25, -0.2) is 13.8 Å². The van der Waals surface area contributed by atoms with Crippen LogP contribution < -0.4 is 0 Å². The fraction of sp³-hybridized carbons (Fsp3) is 0.400. The van der Waals surface area contributed by atoms with E-state index in [1.54, 1.807) is 29.5 Å². The van der Waals surface area contributed by atoms with E-state index in [1.807, 2.05) is 0 Å². The average molecular weight is 386 g/mol. The molecular weight excluding hydrogens is 377 g/mol. The summed E-state index contributed by atoms with van der Waals surface area (Å²) in [5, 5.41) is 10.9. The van der Waals surface area contributed by atoms with Crippen molar-refractivity contribution in [1.29, 1.82) is 0 Å². The molecule has 0 N–H and O–H groups in total. The van der Waals surface area contributed by atoms with Gasteiger partial charge in [0.25, 0.3) is 12.1 Å². The van der Waals surface area contributed by atoms with Gasteiger partial charge in [-0.2, -0.15) is 0 Å². The third-order valence-corrected chi connectivity index (χ3v) is 3.10. The summed E-state index contributed by atoms with van der Waals surface area (Å²) in [4.78, 5) is 25.0. The lowest BCUT2D eigenvalue weighted by Crippen LogP contribution is -2.13. The highest BCUT2D eigenvalue weighted by molar-refractivity contribution is 14.1. The Morgan fingerprint density at radius 1 is 1.63 bits per heavy atom. The number of esters is 1. The first-order chi connectivity index (χ1) is 8.88. The topological polar surface area (TPSA) is 82.3 Å². The fourth-order valence-corrected chi connectivity index (χ4v) is 2.01. The second-order valence-corrected chi connectivity index (χ2v) is 4.39. The Hall–Kier alpha value is -1.39. The van der Waals surface area contributed by atoms with E-state index in [1.165, 1.54) is 0 Å². The maximum absolute atomic E-state index is 12.7. The first-order valence-electron chi connectivity index (χ1n) is 5.13. The summed E-state index contributed by atoms with van der Waals surface area (Å²) in [6.07, 6.45) is -2.75. The number of ether oxygens (including phenoxy) is 1. The predicted molar refractivity (Wildman–Crippen MR) is 68.9 cm³/mol. The van der Waals surface area contributed by atoms with Crippen LogP contribution in [-0.2, 0) is 16.0 Å². The van der Waals surface area contributed by atoms with Crippen molar-refractivity contribution < 1.29 is 23.2 Å². The summed E-state index contributed by atoms with van der Waals surface area (Å²) in [6, 6.07) is 0. The van der Waals surface area contributed by atoms with Gasteiger partial charge < -0.3 is 4.74 Å². The molecule has 0 spiro atoms. The molecule has 0 aliphatic heterocycles. The van der Waals surface area contributed by atoms with Gasteiger partial charge in [0, 0.05) is 6.20 Å². The lowest BCUT2D eigenvalue weighted by molar-refractivity contribution is -0.387. The van der Waals surface area contributed by atoms with Gasteiger partial charge in [-0.1, -0.05) is 0 Å². The van der Waals surface area contributed by atoms with Crippen molar-refractivity contribution in [2.75, 3.05) is 6.61 Å². The highest BCUT2D eigenvalue weighted by Gasteiger charge is 2.29. The molecule has 0 radical (unpaired) electrons. The van der Waals surface area contributed by atoms with Crippen LogP contribution in [0.3, 0.4) is 0 Å². The molecule has 1 aromatic rings. The number of hydrogen-bond acceptors (Lipinski definition) is 5. The number of hydrogen-bond donors (Lipinski definition) is 0. The zero-order chi connectivity index (χ0) is 14.6. The van der Waals surface area contributed by atoms with Gasteiger partial charge in [-0.05, 0) is 29.5 Å². The molecule has 1 rings (SSSR count). The van der Waals surface area contributed by atoms with Crippen LogP contribution in [0.15, 0.2) is 6.20 Å². The largest absolute Gasteiger partial charge is 0.466 e. The minimum Gasteiger partial charge on any atom is -0.466 e. The van der Waals surface area contributed by atoms with E-state index >= 15 is 0 Å². The number of carbonyl (C=O) groups excluding carboxylic acids is 1. The minimum atomic E-state index is -3.04. The molecule has 0 atom stereocenters. The van der Waals surface area contributed by atoms with E-state index < -0.39 is 35.0 Å². The summed E-state index contributed by atoms with van der Waals surface area (Å²) in [5.74, 6) is -0.725. The summed E-state index contributed by atoms with van der Waals surface area (Å²) < 4.78 is 30.2. The number of carbonyl (C=O) groups is 1. The Kier molecular flexibility index (Phi) is 5.51.